The van der Waals surface area contributed by atoms with E-state index in [-0.39, 0.29) is 24.3 Å². The fourth-order valence-corrected chi connectivity index (χ4v) is 3.82. The third-order valence-corrected chi connectivity index (χ3v) is 5.43. The van der Waals surface area contributed by atoms with E-state index in [1.165, 1.54) is 15.4 Å². The lowest BCUT2D eigenvalue weighted by molar-refractivity contribution is -0.157. The largest absolute Gasteiger partial charge is 0.340 e. The van der Waals surface area contributed by atoms with Gasteiger partial charge >= 0.3 is 11.8 Å². The molecular formula is C19H26N4O3. The zero-order valence-corrected chi connectivity index (χ0v) is 15.1. The summed E-state index contributed by atoms with van der Waals surface area (Å²) in [6.07, 6.45) is 0. The number of carbonyl (C=O) groups excluding carboxylic acids is 3. The van der Waals surface area contributed by atoms with Crippen LogP contribution in [0.15, 0.2) is 30.3 Å². The van der Waals surface area contributed by atoms with Gasteiger partial charge in [0.2, 0.25) is 5.91 Å². The third kappa shape index (κ3) is 3.58. The first kappa shape index (κ1) is 18.4. The minimum absolute atomic E-state index is 0.0407. The minimum Gasteiger partial charge on any atom is -0.340 e. The van der Waals surface area contributed by atoms with Gasteiger partial charge < -0.3 is 20.4 Å². The second kappa shape index (κ2) is 7.86. The number of carbonyl (C=O) groups is 3. The molecule has 2 heterocycles. The number of rotatable bonds is 5. The molecule has 26 heavy (non-hydrogen) atoms. The Balaban J connectivity index is 1.64. The van der Waals surface area contributed by atoms with Crippen LogP contribution in [-0.4, -0.2) is 78.2 Å². The van der Waals surface area contributed by atoms with Crippen LogP contribution in [0.1, 0.15) is 18.4 Å². The van der Waals surface area contributed by atoms with Crippen molar-refractivity contribution in [2.45, 2.75) is 12.8 Å². The van der Waals surface area contributed by atoms with Crippen LogP contribution in [-0.2, 0) is 14.4 Å². The molecule has 2 aliphatic heterocycles. The Morgan fingerprint density at radius 2 is 1.73 bits per heavy atom. The monoisotopic (exact) mass is 358 g/mol. The Hall–Kier alpha value is -2.41. The first-order valence-electron chi connectivity index (χ1n) is 9.16. The maximum absolute atomic E-state index is 12.7. The summed E-state index contributed by atoms with van der Waals surface area (Å²) in [6, 6.07) is 10.1. The maximum Gasteiger partial charge on any atom is 0.312 e. The molecule has 0 bridgehead atoms. The van der Waals surface area contributed by atoms with E-state index >= 15 is 0 Å². The lowest BCUT2D eigenvalue weighted by Crippen LogP contribution is -2.56. The Morgan fingerprint density at radius 1 is 1.08 bits per heavy atom. The van der Waals surface area contributed by atoms with Gasteiger partial charge in [-0.05, 0) is 24.9 Å². The molecular weight excluding hydrogens is 332 g/mol. The molecule has 2 fully saturated rings. The van der Waals surface area contributed by atoms with E-state index in [2.05, 4.69) is 12.1 Å². The van der Waals surface area contributed by atoms with Crippen molar-refractivity contribution in [2.24, 2.45) is 11.7 Å². The van der Waals surface area contributed by atoms with Crippen molar-refractivity contribution in [3.63, 3.8) is 0 Å². The number of amides is 3. The molecule has 7 heteroatoms. The van der Waals surface area contributed by atoms with E-state index in [0.29, 0.717) is 39.3 Å². The molecule has 2 saturated heterocycles. The number of likely N-dealkylation sites (N-methyl/N-ethyl adjacent to an activating group) is 1. The van der Waals surface area contributed by atoms with Crippen molar-refractivity contribution >= 4 is 17.7 Å². The highest BCUT2D eigenvalue weighted by molar-refractivity contribution is 6.35. The molecule has 0 spiro atoms. The zero-order valence-electron chi connectivity index (χ0n) is 15.1. The summed E-state index contributed by atoms with van der Waals surface area (Å²) in [4.78, 5) is 41.6. The van der Waals surface area contributed by atoms with E-state index < -0.39 is 11.8 Å². The Kier molecular flexibility index (Phi) is 5.56. The van der Waals surface area contributed by atoms with Crippen LogP contribution >= 0.6 is 0 Å². The van der Waals surface area contributed by atoms with Crippen molar-refractivity contribution in [1.82, 2.24) is 14.7 Å². The van der Waals surface area contributed by atoms with Crippen LogP contribution in [0.25, 0.3) is 0 Å². The van der Waals surface area contributed by atoms with Gasteiger partial charge in [0.15, 0.2) is 0 Å². The van der Waals surface area contributed by atoms with Crippen molar-refractivity contribution < 1.29 is 14.4 Å². The van der Waals surface area contributed by atoms with Crippen LogP contribution in [0, 0.1) is 5.92 Å². The van der Waals surface area contributed by atoms with Gasteiger partial charge in [-0.1, -0.05) is 30.3 Å². The molecule has 1 aromatic carbocycles. The van der Waals surface area contributed by atoms with E-state index in [9.17, 15) is 14.4 Å². The molecule has 0 unspecified atom stereocenters. The zero-order chi connectivity index (χ0) is 18.7. The summed E-state index contributed by atoms with van der Waals surface area (Å²) in [6.45, 7) is 4.89. The standard InChI is InChI=1S/C19H26N4O3/c1-2-21-8-9-22(19(26)18(21)25)13-17(24)23-11-15(10-20)16(12-23)14-6-4-3-5-7-14/h3-7,15-16H,2,8-13,20H2,1H3/t15-,16+/m1/s1. The van der Waals surface area contributed by atoms with Crippen LogP contribution in [0.3, 0.4) is 0 Å². The highest BCUT2D eigenvalue weighted by atomic mass is 16.2. The van der Waals surface area contributed by atoms with E-state index in [1.54, 1.807) is 4.90 Å². The fourth-order valence-electron chi connectivity index (χ4n) is 3.82. The number of nitrogens with zero attached hydrogens (tertiary/aromatic N) is 3. The van der Waals surface area contributed by atoms with Gasteiger partial charge in [-0.2, -0.15) is 0 Å². The molecule has 3 amide bonds. The summed E-state index contributed by atoms with van der Waals surface area (Å²) in [5, 5.41) is 0. The number of nitrogens with two attached hydrogens (primary N) is 1. The molecule has 1 aromatic rings. The SMILES string of the molecule is CCN1CCN(CC(=O)N2C[C@@H](CN)[C@H](c3ccccc3)C2)C(=O)C1=O. The van der Waals surface area contributed by atoms with E-state index in [4.69, 9.17) is 5.73 Å². The molecule has 7 nitrogen and oxygen atoms in total. The molecule has 2 N–H and O–H groups in total. The lowest BCUT2D eigenvalue weighted by Gasteiger charge is -2.33. The van der Waals surface area contributed by atoms with Gasteiger partial charge in [0, 0.05) is 38.6 Å². The topological polar surface area (TPSA) is 86.9 Å². The molecule has 0 aromatic heterocycles. The maximum atomic E-state index is 12.7. The smallest absolute Gasteiger partial charge is 0.312 e. The number of hydrogen-bond donors (Lipinski definition) is 1. The summed E-state index contributed by atoms with van der Waals surface area (Å²) in [7, 11) is 0. The first-order valence-corrected chi connectivity index (χ1v) is 9.16. The summed E-state index contributed by atoms with van der Waals surface area (Å²) in [5.74, 6) is -0.807. The summed E-state index contributed by atoms with van der Waals surface area (Å²) >= 11 is 0. The fraction of sp³-hybridized carbons (Fsp3) is 0.526. The van der Waals surface area contributed by atoms with Crippen LogP contribution in [0.2, 0.25) is 0 Å². The minimum atomic E-state index is -0.583. The summed E-state index contributed by atoms with van der Waals surface area (Å²) in [5.41, 5.74) is 7.11. The molecule has 2 aliphatic rings. The number of piperazine rings is 1. The third-order valence-electron chi connectivity index (χ3n) is 5.43. The molecule has 3 rings (SSSR count). The predicted molar refractivity (Wildman–Crippen MR) is 97.1 cm³/mol. The van der Waals surface area contributed by atoms with Crippen molar-refractivity contribution in [1.29, 1.82) is 0 Å². The average Bonchev–Trinajstić information content (AvgIpc) is 3.11. The normalized spacial score (nSPS) is 23.7. The number of hydrogen-bond acceptors (Lipinski definition) is 4. The molecule has 0 radical (unpaired) electrons. The first-order chi connectivity index (χ1) is 12.5. The van der Waals surface area contributed by atoms with Gasteiger partial charge in [0.25, 0.3) is 0 Å². The second-order valence-corrected chi connectivity index (χ2v) is 6.92. The van der Waals surface area contributed by atoms with Gasteiger partial charge in [-0.25, -0.2) is 0 Å². The lowest BCUT2D eigenvalue weighted by atomic mass is 9.89. The Labute approximate surface area is 153 Å². The van der Waals surface area contributed by atoms with Gasteiger partial charge in [-0.15, -0.1) is 0 Å². The van der Waals surface area contributed by atoms with Gasteiger partial charge in [0.05, 0.1) is 0 Å². The predicted octanol–water partition coefficient (Wildman–Crippen LogP) is -0.122. The highest BCUT2D eigenvalue weighted by Gasteiger charge is 2.38. The Morgan fingerprint density at radius 3 is 2.38 bits per heavy atom. The Bertz CT molecular complexity index is 679. The highest BCUT2D eigenvalue weighted by Crippen LogP contribution is 2.32. The van der Waals surface area contributed by atoms with Gasteiger partial charge in [-0.3, -0.25) is 14.4 Å². The van der Waals surface area contributed by atoms with Crippen LogP contribution in [0.5, 0.6) is 0 Å². The molecule has 140 valence electrons. The van der Waals surface area contributed by atoms with Crippen LogP contribution in [0.4, 0.5) is 0 Å². The number of likely N-dealkylation sites (tertiary alicyclic amines) is 1. The average molecular weight is 358 g/mol. The van der Waals surface area contributed by atoms with Crippen molar-refractivity contribution in [3.05, 3.63) is 35.9 Å². The molecule has 0 aliphatic carbocycles. The van der Waals surface area contributed by atoms with Gasteiger partial charge in [0.1, 0.15) is 6.54 Å². The van der Waals surface area contributed by atoms with Crippen LogP contribution < -0.4 is 5.73 Å². The quantitative estimate of drug-likeness (QED) is 0.744. The molecule has 0 saturated carbocycles. The van der Waals surface area contributed by atoms with Crippen molar-refractivity contribution in [2.75, 3.05) is 45.8 Å². The number of benzene rings is 1. The van der Waals surface area contributed by atoms with Crippen molar-refractivity contribution in [3.8, 4) is 0 Å². The van der Waals surface area contributed by atoms with E-state index in [0.717, 1.165) is 0 Å². The molecule has 2 atom stereocenters. The second-order valence-electron chi connectivity index (χ2n) is 6.92. The van der Waals surface area contributed by atoms with E-state index in [1.807, 2.05) is 25.1 Å². The summed E-state index contributed by atoms with van der Waals surface area (Å²) < 4.78 is 0.